The highest BCUT2D eigenvalue weighted by molar-refractivity contribution is 4.99. The van der Waals surface area contributed by atoms with E-state index in [1.807, 2.05) is 0 Å². The Labute approximate surface area is 119 Å². The maximum absolute atomic E-state index is 6.26. The molecule has 0 amide bonds. The summed E-state index contributed by atoms with van der Waals surface area (Å²) in [4.78, 5) is 5.40. The number of nitrogens with two attached hydrogens (primary N) is 1. The number of hydrogen-bond donors (Lipinski definition) is 1. The van der Waals surface area contributed by atoms with Gasteiger partial charge in [0, 0.05) is 18.1 Å². The van der Waals surface area contributed by atoms with Crippen LogP contribution >= 0.6 is 0 Å². The molecule has 112 valence electrons. The molecule has 0 spiro atoms. The Balaban J connectivity index is 2.09. The predicted molar refractivity (Wildman–Crippen MR) is 82.4 cm³/mol. The largest absolute Gasteiger partial charge is 0.329 e. The molecule has 1 unspecified atom stereocenters. The van der Waals surface area contributed by atoms with Crippen LogP contribution in [0.15, 0.2) is 0 Å². The van der Waals surface area contributed by atoms with Crippen LogP contribution in [0.3, 0.4) is 0 Å². The Morgan fingerprint density at radius 3 is 2.37 bits per heavy atom. The average Bonchev–Trinajstić information content (AvgIpc) is 2.73. The second kappa shape index (κ2) is 7.05. The van der Waals surface area contributed by atoms with Gasteiger partial charge in [0.2, 0.25) is 0 Å². The van der Waals surface area contributed by atoms with E-state index >= 15 is 0 Å². The first-order valence-corrected chi connectivity index (χ1v) is 8.45. The number of rotatable bonds is 4. The lowest BCUT2D eigenvalue weighted by Crippen LogP contribution is -2.62. The highest BCUT2D eigenvalue weighted by Gasteiger charge is 2.41. The monoisotopic (exact) mass is 267 g/mol. The zero-order valence-corrected chi connectivity index (χ0v) is 13.0. The molecule has 2 heterocycles. The van der Waals surface area contributed by atoms with E-state index in [4.69, 9.17) is 5.73 Å². The first-order chi connectivity index (χ1) is 9.25. The van der Waals surface area contributed by atoms with Crippen LogP contribution in [0.5, 0.6) is 0 Å². The van der Waals surface area contributed by atoms with Gasteiger partial charge in [0.15, 0.2) is 0 Å². The normalized spacial score (nSPS) is 30.2. The Kier molecular flexibility index (Phi) is 5.67. The van der Waals surface area contributed by atoms with E-state index in [1.54, 1.807) is 0 Å². The van der Waals surface area contributed by atoms with Crippen LogP contribution in [0.1, 0.15) is 58.8 Å². The second-order valence-corrected chi connectivity index (χ2v) is 6.47. The summed E-state index contributed by atoms with van der Waals surface area (Å²) < 4.78 is 0. The van der Waals surface area contributed by atoms with E-state index in [0.29, 0.717) is 5.54 Å². The topological polar surface area (TPSA) is 32.5 Å². The van der Waals surface area contributed by atoms with Crippen molar-refractivity contribution in [2.24, 2.45) is 5.73 Å². The van der Waals surface area contributed by atoms with Crippen molar-refractivity contribution in [3.05, 3.63) is 0 Å². The maximum Gasteiger partial charge on any atom is 0.0358 e. The van der Waals surface area contributed by atoms with E-state index in [-0.39, 0.29) is 0 Å². The highest BCUT2D eigenvalue weighted by atomic mass is 15.3. The Hall–Kier alpha value is -0.120. The van der Waals surface area contributed by atoms with Gasteiger partial charge >= 0.3 is 0 Å². The van der Waals surface area contributed by atoms with Gasteiger partial charge in [0.05, 0.1) is 0 Å². The molecular formula is C16H33N3. The van der Waals surface area contributed by atoms with E-state index in [9.17, 15) is 0 Å². The summed E-state index contributed by atoms with van der Waals surface area (Å²) in [5.41, 5.74) is 6.57. The molecule has 2 saturated heterocycles. The summed E-state index contributed by atoms with van der Waals surface area (Å²) in [7, 11) is 0. The minimum atomic E-state index is 0.302. The highest BCUT2D eigenvalue weighted by Crippen LogP contribution is 2.34. The number of likely N-dealkylation sites (tertiary alicyclic amines) is 2. The lowest BCUT2D eigenvalue weighted by molar-refractivity contribution is -0.00206. The van der Waals surface area contributed by atoms with E-state index in [0.717, 1.165) is 12.6 Å². The molecule has 3 heteroatoms. The summed E-state index contributed by atoms with van der Waals surface area (Å²) in [5, 5.41) is 0. The van der Waals surface area contributed by atoms with Crippen LogP contribution in [0.2, 0.25) is 0 Å². The van der Waals surface area contributed by atoms with Gasteiger partial charge in [-0.05, 0) is 58.3 Å². The van der Waals surface area contributed by atoms with E-state index in [1.165, 1.54) is 71.1 Å². The maximum atomic E-state index is 6.26. The zero-order valence-electron chi connectivity index (χ0n) is 13.0. The van der Waals surface area contributed by atoms with Gasteiger partial charge in [-0.2, -0.15) is 0 Å². The van der Waals surface area contributed by atoms with Crippen LogP contribution in [0.25, 0.3) is 0 Å². The first-order valence-electron chi connectivity index (χ1n) is 8.45. The summed E-state index contributed by atoms with van der Waals surface area (Å²) in [6, 6.07) is 0.777. The minimum absolute atomic E-state index is 0.302. The summed E-state index contributed by atoms with van der Waals surface area (Å²) in [6.45, 7) is 10.4. The van der Waals surface area contributed by atoms with Crippen LogP contribution in [-0.4, -0.2) is 54.1 Å². The fourth-order valence-electron chi connectivity index (χ4n) is 4.12. The van der Waals surface area contributed by atoms with Gasteiger partial charge in [0.25, 0.3) is 0 Å². The molecule has 0 aromatic rings. The van der Waals surface area contributed by atoms with Crippen LogP contribution in [-0.2, 0) is 0 Å². The third-order valence-electron chi connectivity index (χ3n) is 5.57. The Bertz CT molecular complexity index is 259. The molecule has 2 N–H and O–H groups in total. The van der Waals surface area contributed by atoms with Gasteiger partial charge in [0.1, 0.15) is 0 Å². The lowest BCUT2D eigenvalue weighted by Gasteiger charge is -2.51. The third-order valence-corrected chi connectivity index (χ3v) is 5.57. The quantitative estimate of drug-likeness (QED) is 0.849. The molecule has 1 atom stereocenters. The summed E-state index contributed by atoms with van der Waals surface area (Å²) in [6.07, 6.45) is 9.41. The van der Waals surface area contributed by atoms with Crippen molar-refractivity contribution in [1.82, 2.24) is 9.80 Å². The van der Waals surface area contributed by atoms with Crippen molar-refractivity contribution >= 4 is 0 Å². The smallest absolute Gasteiger partial charge is 0.0358 e. The second-order valence-electron chi connectivity index (χ2n) is 6.47. The van der Waals surface area contributed by atoms with Crippen molar-refractivity contribution in [3.63, 3.8) is 0 Å². The van der Waals surface area contributed by atoms with Gasteiger partial charge < -0.3 is 10.6 Å². The number of piperidine rings is 1. The lowest BCUT2D eigenvalue weighted by atomic mass is 9.83. The van der Waals surface area contributed by atoms with Crippen molar-refractivity contribution in [2.45, 2.75) is 70.4 Å². The van der Waals surface area contributed by atoms with Crippen LogP contribution < -0.4 is 5.73 Å². The third kappa shape index (κ3) is 3.32. The first kappa shape index (κ1) is 15.3. The molecule has 0 bridgehead atoms. The van der Waals surface area contributed by atoms with Crippen molar-refractivity contribution < 1.29 is 0 Å². The molecule has 0 aliphatic carbocycles. The molecule has 2 aliphatic heterocycles. The molecule has 2 aliphatic rings. The van der Waals surface area contributed by atoms with Crippen LogP contribution in [0, 0.1) is 0 Å². The fraction of sp³-hybridized carbons (Fsp3) is 1.00. The van der Waals surface area contributed by atoms with E-state index in [2.05, 4.69) is 23.6 Å². The fourth-order valence-corrected chi connectivity index (χ4v) is 4.12. The molecule has 0 aromatic carbocycles. The van der Waals surface area contributed by atoms with Crippen LogP contribution in [0.4, 0.5) is 0 Å². The summed E-state index contributed by atoms with van der Waals surface area (Å²) >= 11 is 0. The molecule has 19 heavy (non-hydrogen) atoms. The van der Waals surface area contributed by atoms with Crippen molar-refractivity contribution in [2.75, 3.05) is 32.7 Å². The predicted octanol–water partition coefficient (Wildman–Crippen LogP) is 2.45. The zero-order chi connectivity index (χ0) is 13.7. The Morgan fingerprint density at radius 2 is 1.79 bits per heavy atom. The van der Waals surface area contributed by atoms with Crippen molar-refractivity contribution in [3.8, 4) is 0 Å². The van der Waals surface area contributed by atoms with Gasteiger partial charge in [-0.1, -0.05) is 26.7 Å². The molecule has 2 rings (SSSR count). The molecule has 2 fully saturated rings. The SMILES string of the molecule is CCC1CCCCCN1C1(CN)CCN(CC)CC1. The van der Waals surface area contributed by atoms with Gasteiger partial charge in [-0.15, -0.1) is 0 Å². The molecule has 0 aromatic heterocycles. The molecule has 3 nitrogen and oxygen atoms in total. The molecule has 0 saturated carbocycles. The Morgan fingerprint density at radius 1 is 1.05 bits per heavy atom. The molecular weight excluding hydrogens is 234 g/mol. The summed E-state index contributed by atoms with van der Waals surface area (Å²) in [5.74, 6) is 0. The van der Waals surface area contributed by atoms with E-state index < -0.39 is 0 Å². The average molecular weight is 267 g/mol. The minimum Gasteiger partial charge on any atom is -0.329 e. The van der Waals surface area contributed by atoms with Gasteiger partial charge in [-0.3, -0.25) is 4.90 Å². The number of nitrogens with zero attached hydrogens (tertiary/aromatic N) is 2. The number of hydrogen-bond acceptors (Lipinski definition) is 3. The van der Waals surface area contributed by atoms with Gasteiger partial charge in [-0.25, -0.2) is 0 Å². The standard InChI is InChI=1S/C16H33N3/c1-3-15-8-6-5-7-11-19(15)16(14-17)9-12-18(4-2)13-10-16/h15H,3-14,17H2,1-2H3. The van der Waals surface area contributed by atoms with Crippen molar-refractivity contribution in [1.29, 1.82) is 0 Å². The molecule has 0 radical (unpaired) electrons.